The standard InChI is InChI=1S/C27H34N8O3/c1-3-17-10-21(18-7-8-18)33-24(22(11-17)32-19-12-28-16-29-13-19)26(36)34-23-15-31-35(4-2)25(23)27(37)30-14-20-6-5-9-38-20/h11-13,15-16,18,20-21H,3-10,14H2,1-2H3,(H,30,37)(H,34,36). The van der Waals surface area contributed by atoms with E-state index in [1.807, 2.05) is 13.0 Å². The van der Waals surface area contributed by atoms with E-state index < -0.39 is 5.91 Å². The molecule has 0 bridgehead atoms. The number of hydrogen-bond acceptors (Lipinski definition) is 8. The van der Waals surface area contributed by atoms with Crippen LogP contribution in [0.2, 0.25) is 0 Å². The Hall–Kier alpha value is -3.73. The number of ether oxygens (including phenoxy) is 1. The zero-order chi connectivity index (χ0) is 26.5. The van der Waals surface area contributed by atoms with Crippen LogP contribution in [0.4, 0.5) is 11.4 Å². The van der Waals surface area contributed by atoms with Crippen LogP contribution in [0.1, 0.15) is 62.9 Å². The molecule has 2 aromatic heterocycles. The third kappa shape index (κ3) is 6.04. The van der Waals surface area contributed by atoms with Crippen LogP contribution < -0.4 is 10.6 Å². The number of amides is 2. The van der Waals surface area contributed by atoms with Crippen LogP contribution in [-0.4, -0.2) is 68.3 Å². The fourth-order valence-corrected chi connectivity index (χ4v) is 4.85. The van der Waals surface area contributed by atoms with Crippen LogP contribution in [0, 0.1) is 5.92 Å². The van der Waals surface area contributed by atoms with Crippen LogP contribution >= 0.6 is 0 Å². The highest BCUT2D eigenvalue weighted by atomic mass is 16.5. The molecule has 200 valence electrons. The number of carbonyl (C=O) groups is 2. The number of anilines is 1. The molecule has 1 saturated carbocycles. The Kier molecular flexibility index (Phi) is 8.02. The van der Waals surface area contributed by atoms with Gasteiger partial charge in [0.1, 0.15) is 23.4 Å². The molecule has 1 saturated heterocycles. The quantitative estimate of drug-likeness (QED) is 0.523. The zero-order valence-electron chi connectivity index (χ0n) is 21.9. The number of nitrogens with zero attached hydrogens (tertiary/aromatic N) is 6. The van der Waals surface area contributed by atoms with Gasteiger partial charge in [0.2, 0.25) is 0 Å². The average molecular weight is 519 g/mol. The average Bonchev–Trinajstić information content (AvgIpc) is 3.55. The van der Waals surface area contributed by atoms with Crippen LogP contribution in [0.3, 0.4) is 0 Å². The van der Waals surface area contributed by atoms with Gasteiger partial charge in [-0.1, -0.05) is 12.5 Å². The van der Waals surface area contributed by atoms with Gasteiger partial charge in [-0.15, -0.1) is 0 Å². The van der Waals surface area contributed by atoms with Crippen molar-refractivity contribution in [1.29, 1.82) is 0 Å². The van der Waals surface area contributed by atoms with Gasteiger partial charge < -0.3 is 15.4 Å². The molecule has 2 N–H and O–H groups in total. The van der Waals surface area contributed by atoms with E-state index in [0.717, 1.165) is 38.5 Å². The van der Waals surface area contributed by atoms with Gasteiger partial charge in [0, 0.05) is 19.7 Å². The first-order valence-corrected chi connectivity index (χ1v) is 13.4. The molecule has 2 fully saturated rings. The molecule has 2 aromatic rings. The number of nitrogens with one attached hydrogen (secondary N) is 2. The minimum atomic E-state index is -0.427. The molecule has 0 radical (unpaired) electrons. The fraction of sp³-hybridized carbons (Fsp3) is 0.519. The highest BCUT2D eigenvalue weighted by Crippen LogP contribution is 2.38. The lowest BCUT2D eigenvalue weighted by molar-refractivity contribution is -0.110. The van der Waals surface area contributed by atoms with E-state index in [1.165, 1.54) is 18.1 Å². The maximum atomic E-state index is 13.8. The number of rotatable bonds is 9. The summed E-state index contributed by atoms with van der Waals surface area (Å²) in [5, 5.41) is 10.2. The van der Waals surface area contributed by atoms with E-state index >= 15 is 0 Å². The van der Waals surface area contributed by atoms with Crippen LogP contribution in [0.15, 0.2) is 46.6 Å². The van der Waals surface area contributed by atoms with Gasteiger partial charge in [-0.05, 0) is 57.4 Å². The van der Waals surface area contributed by atoms with Gasteiger partial charge >= 0.3 is 0 Å². The predicted octanol–water partition coefficient (Wildman–Crippen LogP) is 3.27. The van der Waals surface area contributed by atoms with Crippen molar-refractivity contribution < 1.29 is 14.3 Å². The summed E-state index contributed by atoms with van der Waals surface area (Å²) in [6.45, 7) is 5.61. The molecule has 0 spiro atoms. The molecular formula is C27H34N8O3. The second kappa shape index (κ2) is 11.8. The van der Waals surface area contributed by atoms with E-state index in [9.17, 15) is 9.59 Å². The van der Waals surface area contributed by atoms with Crippen molar-refractivity contribution in [3.05, 3.63) is 42.3 Å². The molecule has 2 amide bonds. The Morgan fingerprint density at radius 3 is 2.63 bits per heavy atom. The minimum absolute atomic E-state index is 0.00924. The molecule has 2 aliphatic heterocycles. The Bertz CT molecular complexity index is 1260. The molecule has 4 heterocycles. The van der Waals surface area contributed by atoms with Gasteiger partial charge in [0.15, 0.2) is 0 Å². The summed E-state index contributed by atoms with van der Waals surface area (Å²) >= 11 is 0. The van der Waals surface area contributed by atoms with Gasteiger partial charge in [0.05, 0.1) is 42.1 Å². The summed E-state index contributed by atoms with van der Waals surface area (Å²) in [5.41, 5.74) is 3.06. The van der Waals surface area contributed by atoms with Crippen molar-refractivity contribution in [1.82, 2.24) is 25.1 Å². The Labute approximate surface area is 221 Å². The second-order valence-corrected chi connectivity index (χ2v) is 9.86. The van der Waals surface area contributed by atoms with Crippen molar-refractivity contribution in [3.8, 4) is 0 Å². The van der Waals surface area contributed by atoms with Crippen molar-refractivity contribution in [2.75, 3.05) is 18.5 Å². The summed E-state index contributed by atoms with van der Waals surface area (Å²) in [4.78, 5) is 44.7. The van der Waals surface area contributed by atoms with E-state index in [-0.39, 0.29) is 23.8 Å². The van der Waals surface area contributed by atoms with Gasteiger partial charge in [-0.25, -0.2) is 15.0 Å². The maximum absolute atomic E-state index is 13.8. The molecule has 3 aliphatic rings. The van der Waals surface area contributed by atoms with E-state index in [4.69, 9.17) is 14.7 Å². The Morgan fingerprint density at radius 2 is 1.95 bits per heavy atom. The van der Waals surface area contributed by atoms with Crippen molar-refractivity contribution in [2.45, 2.75) is 71.1 Å². The highest BCUT2D eigenvalue weighted by Gasteiger charge is 2.35. The van der Waals surface area contributed by atoms with Crippen LogP contribution in [0.5, 0.6) is 0 Å². The summed E-state index contributed by atoms with van der Waals surface area (Å²) in [7, 11) is 0. The molecule has 1 aliphatic carbocycles. The number of carbonyl (C=O) groups excluding carboxylic acids is 2. The lowest BCUT2D eigenvalue weighted by Gasteiger charge is -2.14. The van der Waals surface area contributed by atoms with Crippen molar-refractivity contribution >= 4 is 34.6 Å². The molecule has 11 nitrogen and oxygen atoms in total. The number of aliphatic imine (C=N–C) groups is 2. The molecule has 2 unspecified atom stereocenters. The summed E-state index contributed by atoms with van der Waals surface area (Å²) in [5.74, 6) is -0.268. The van der Waals surface area contributed by atoms with E-state index in [0.29, 0.717) is 48.4 Å². The summed E-state index contributed by atoms with van der Waals surface area (Å²) in [6.07, 6.45) is 13.9. The number of aryl methyl sites for hydroxylation is 1. The molecule has 5 rings (SSSR count). The second-order valence-electron chi connectivity index (χ2n) is 9.86. The molecular weight excluding hydrogens is 484 g/mol. The number of hydrogen-bond donors (Lipinski definition) is 2. The summed E-state index contributed by atoms with van der Waals surface area (Å²) in [6, 6.07) is 0.0224. The van der Waals surface area contributed by atoms with Crippen molar-refractivity contribution in [3.63, 3.8) is 0 Å². The van der Waals surface area contributed by atoms with Gasteiger partial charge in [-0.2, -0.15) is 5.10 Å². The monoisotopic (exact) mass is 518 g/mol. The van der Waals surface area contributed by atoms with E-state index in [2.05, 4.69) is 32.6 Å². The first-order valence-electron chi connectivity index (χ1n) is 13.4. The van der Waals surface area contributed by atoms with Crippen molar-refractivity contribution in [2.24, 2.45) is 15.9 Å². The number of aromatic nitrogens is 4. The van der Waals surface area contributed by atoms with Crippen LogP contribution in [-0.2, 0) is 16.1 Å². The normalized spacial score (nSPS) is 22.5. The molecule has 2 atom stereocenters. The Morgan fingerprint density at radius 1 is 1.13 bits per heavy atom. The van der Waals surface area contributed by atoms with Gasteiger partial charge in [0.25, 0.3) is 11.8 Å². The largest absolute Gasteiger partial charge is 0.376 e. The lowest BCUT2D eigenvalue weighted by Crippen LogP contribution is -2.35. The lowest BCUT2D eigenvalue weighted by atomic mass is 10.0. The first-order chi connectivity index (χ1) is 18.6. The topological polar surface area (TPSA) is 136 Å². The van der Waals surface area contributed by atoms with Gasteiger partial charge in [-0.3, -0.25) is 19.3 Å². The maximum Gasteiger partial charge on any atom is 0.276 e. The highest BCUT2D eigenvalue weighted by molar-refractivity contribution is 6.71. The third-order valence-corrected chi connectivity index (χ3v) is 7.10. The Balaban J connectivity index is 1.44. The number of allylic oxidation sites excluding steroid dienone is 1. The SMILES string of the molecule is CCC1=CC(=Nc2cncnc2)C(C(=O)Nc2cnn(CC)c2C(=O)NCC2CCCO2)=NC(C2CC2)C1. The van der Waals surface area contributed by atoms with Crippen LogP contribution in [0.25, 0.3) is 0 Å². The predicted molar refractivity (Wildman–Crippen MR) is 144 cm³/mol. The zero-order valence-corrected chi connectivity index (χ0v) is 21.9. The molecule has 11 heteroatoms. The molecule has 38 heavy (non-hydrogen) atoms. The first kappa shape index (κ1) is 25.9. The van der Waals surface area contributed by atoms with E-state index in [1.54, 1.807) is 17.1 Å². The smallest absolute Gasteiger partial charge is 0.276 e. The third-order valence-electron chi connectivity index (χ3n) is 7.10. The summed E-state index contributed by atoms with van der Waals surface area (Å²) < 4.78 is 7.20. The molecule has 0 aromatic carbocycles. The minimum Gasteiger partial charge on any atom is -0.376 e. The fourth-order valence-electron chi connectivity index (χ4n) is 4.85.